The van der Waals surface area contributed by atoms with Gasteiger partial charge in [-0.05, 0) is 67.7 Å². The Morgan fingerprint density at radius 2 is 1.91 bits per heavy atom. The van der Waals surface area contributed by atoms with Crippen molar-refractivity contribution >= 4 is 34.7 Å². The largest absolute Gasteiger partial charge is 0.474 e. The lowest BCUT2D eigenvalue weighted by molar-refractivity contribution is -0.134. The average Bonchev–Trinajstić information content (AvgIpc) is 3.69. The predicted octanol–water partition coefficient (Wildman–Crippen LogP) is 6.35. The average molecular weight is 653 g/mol. The van der Waals surface area contributed by atoms with Crippen LogP contribution in [0.1, 0.15) is 42.6 Å². The van der Waals surface area contributed by atoms with Crippen LogP contribution in [0.25, 0.3) is 17.1 Å². The molecule has 6 rings (SSSR count). The zero-order valence-corrected chi connectivity index (χ0v) is 26.2. The van der Waals surface area contributed by atoms with Crippen LogP contribution in [0.2, 0.25) is 5.02 Å². The van der Waals surface area contributed by atoms with Crippen LogP contribution in [-0.2, 0) is 34.0 Å². The highest BCUT2D eigenvalue weighted by atomic mass is 35.5. The Labute approximate surface area is 270 Å². The first kappa shape index (κ1) is 31.9. The third-order valence-corrected chi connectivity index (χ3v) is 8.46. The van der Waals surface area contributed by atoms with Crippen LogP contribution in [-0.4, -0.2) is 64.4 Å². The van der Waals surface area contributed by atoms with Crippen molar-refractivity contribution in [1.29, 1.82) is 0 Å². The number of piperidine rings is 1. The second-order valence-corrected chi connectivity index (χ2v) is 11.9. The molecule has 1 unspecified atom stereocenters. The Bertz CT molecular complexity index is 1720. The number of nitrogens with zero attached hydrogens (tertiary/aromatic N) is 4. The van der Waals surface area contributed by atoms with E-state index in [-0.39, 0.29) is 41.2 Å². The molecule has 4 heterocycles. The number of carbonyl (C=O) groups is 1. The summed E-state index contributed by atoms with van der Waals surface area (Å²) in [6, 6.07) is 12.9. The molecule has 242 valence electrons. The number of pyridine rings is 1. The lowest BCUT2D eigenvalue weighted by Gasteiger charge is -2.31. The van der Waals surface area contributed by atoms with Gasteiger partial charge in [-0.15, -0.1) is 0 Å². The maximum atomic E-state index is 14.4. The van der Waals surface area contributed by atoms with Crippen LogP contribution < -0.4 is 9.47 Å². The van der Waals surface area contributed by atoms with Crippen molar-refractivity contribution in [3.63, 3.8) is 0 Å². The van der Waals surface area contributed by atoms with Crippen molar-refractivity contribution in [3.05, 3.63) is 88.2 Å². The summed E-state index contributed by atoms with van der Waals surface area (Å²) in [4.78, 5) is 23.2. The van der Waals surface area contributed by atoms with Gasteiger partial charge in [-0.25, -0.2) is 18.6 Å². The number of likely N-dealkylation sites (tertiary alicyclic amines) is 1. The second-order valence-electron chi connectivity index (χ2n) is 11.4. The fourth-order valence-electron chi connectivity index (χ4n) is 5.76. The Balaban J connectivity index is 1.09. The smallest absolute Gasteiger partial charge is 0.330 e. The molecule has 0 spiro atoms. The van der Waals surface area contributed by atoms with E-state index in [0.717, 1.165) is 67.8 Å². The minimum absolute atomic E-state index is 0.106. The van der Waals surface area contributed by atoms with Gasteiger partial charge in [0, 0.05) is 42.4 Å². The molecule has 2 saturated heterocycles. The standard InChI is InChI=1S/C34H35ClF2N4O5/c1-43-33(42)11-5-22-4-9-29-30(17-22)41(19-26-3-2-16-44-26)31(38-29)20-40-14-12-25(13-15-40)46-32-10-8-27(36)34(39-32)45-21-23-6-7-24(35)18-28(23)37/h4-11,17-18,25-26H,2-3,12-16,19-21H2,1H3/b11-5+. The molecule has 2 fully saturated rings. The van der Waals surface area contributed by atoms with E-state index < -0.39 is 17.6 Å². The number of halogens is 3. The number of hydrogen-bond donors (Lipinski definition) is 0. The number of hydrogen-bond acceptors (Lipinski definition) is 8. The predicted molar refractivity (Wildman–Crippen MR) is 169 cm³/mol. The molecule has 0 saturated carbocycles. The molecule has 0 N–H and O–H groups in total. The van der Waals surface area contributed by atoms with Gasteiger partial charge in [0.1, 0.15) is 24.4 Å². The van der Waals surface area contributed by atoms with E-state index in [4.69, 9.17) is 35.5 Å². The van der Waals surface area contributed by atoms with E-state index in [9.17, 15) is 13.6 Å². The van der Waals surface area contributed by atoms with Gasteiger partial charge in [0.2, 0.25) is 5.88 Å². The minimum atomic E-state index is -0.658. The van der Waals surface area contributed by atoms with E-state index in [0.29, 0.717) is 13.1 Å². The number of imidazole rings is 1. The first-order valence-electron chi connectivity index (χ1n) is 15.3. The van der Waals surface area contributed by atoms with Crippen LogP contribution in [0.3, 0.4) is 0 Å². The molecule has 2 aliphatic rings. The summed E-state index contributed by atoms with van der Waals surface area (Å²) in [5.41, 5.74) is 3.01. The Morgan fingerprint density at radius 1 is 1.07 bits per heavy atom. The molecule has 46 heavy (non-hydrogen) atoms. The molecule has 2 aromatic carbocycles. The summed E-state index contributed by atoms with van der Waals surface area (Å²) < 4.78 is 53.1. The summed E-state index contributed by atoms with van der Waals surface area (Å²) in [7, 11) is 1.36. The normalized spacial score (nSPS) is 17.6. The van der Waals surface area contributed by atoms with Gasteiger partial charge in [0.25, 0.3) is 5.88 Å². The first-order valence-corrected chi connectivity index (χ1v) is 15.7. The van der Waals surface area contributed by atoms with Crippen molar-refractivity contribution in [2.45, 2.75) is 57.6 Å². The van der Waals surface area contributed by atoms with Crippen molar-refractivity contribution in [2.24, 2.45) is 0 Å². The number of methoxy groups -OCH3 is 1. The molecular weight excluding hydrogens is 618 g/mol. The number of ether oxygens (including phenoxy) is 4. The van der Waals surface area contributed by atoms with Crippen molar-refractivity contribution in [1.82, 2.24) is 19.4 Å². The number of fused-ring (bicyclic) bond motifs is 1. The number of aromatic nitrogens is 3. The first-order chi connectivity index (χ1) is 22.3. The van der Waals surface area contributed by atoms with Crippen LogP contribution in [0.4, 0.5) is 8.78 Å². The summed E-state index contributed by atoms with van der Waals surface area (Å²) in [6.45, 7) is 3.50. The number of esters is 1. The third kappa shape index (κ3) is 7.83. The molecule has 12 heteroatoms. The molecular formula is C34H35ClF2N4O5. The van der Waals surface area contributed by atoms with E-state index in [2.05, 4.69) is 14.5 Å². The molecule has 4 aromatic rings. The summed E-state index contributed by atoms with van der Waals surface area (Å²) in [5, 5.41) is 0.268. The summed E-state index contributed by atoms with van der Waals surface area (Å²) in [6.07, 6.45) is 6.73. The quantitative estimate of drug-likeness (QED) is 0.137. The number of carbonyl (C=O) groups excluding carboxylic acids is 1. The highest BCUT2D eigenvalue weighted by Crippen LogP contribution is 2.27. The molecule has 9 nitrogen and oxygen atoms in total. The Kier molecular flexibility index (Phi) is 10.1. The van der Waals surface area contributed by atoms with Gasteiger partial charge in [0.15, 0.2) is 5.82 Å². The van der Waals surface area contributed by atoms with Gasteiger partial charge in [-0.3, -0.25) is 4.90 Å². The molecule has 0 aliphatic carbocycles. The fraction of sp³-hybridized carbons (Fsp3) is 0.382. The number of benzene rings is 2. The van der Waals surface area contributed by atoms with Crippen LogP contribution >= 0.6 is 11.6 Å². The summed E-state index contributed by atoms with van der Waals surface area (Å²) >= 11 is 5.81. The lowest BCUT2D eigenvalue weighted by Crippen LogP contribution is -2.38. The fourth-order valence-corrected chi connectivity index (χ4v) is 5.91. The Hall–Kier alpha value is -4.06. The highest BCUT2D eigenvalue weighted by molar-refractivity contribution is 6.30. The molecule has 1 atom stereocenters. The topological polar surface area (TPSA) is 87.9 Å². The van der Waals surface area contributed by atoms with Crippen molar-refractivity contribution < 1.29 is 32.5 Å². The molecule has 0 bridgehead atoms. The zero-order chi connectivity index (χ0) is 32.0. The van der Waals surface area contributed by atoms with Gasteiger partial charge in [-0.1, -0.05) is 23.7 Å². The molecule has 0 amide bonds. The monoisotopic (exact) mass is 652 g/mol. The molecule has 2 aliphatic heterocycles. The van der Waals surface area contributed by atoms with E-state index >= 15 is 0 Å². The summed E-state index contributed by atoms with van der Waals surface area (Å²) in [5.74, 6) is -0.643. The third-order valence-electron chi connectivity index (χ3n) is 8.23. The Morgan fingerprint density at radius 3 is 2.67 bits per heavy atom. The lowest BCUT2D eigenvalue weighted by atomic mass is 10.1. The van der Waals surface area contributed by atoms with Gasteiger partial charge in [-0.2, -0.15) is 4.98 Å². The minimum Gasteiger partial charge on any atom is -0.474 e. The van der Waals surface area contributed by atoms with Crippen LogP contribution in [0, 0.1) is 11.6 Å². The van der Waals surface area contributed by atoms with Crippen LogP contribution in [0.5, 0.6) is 11.8 Å². The van der Waals surface area contributed by atoms with Gasteiger partial charge in [0.05, 0.1) is 37.3 Å². The van der Waals surface area contributed by atoms with E-state index in [1.807, 2.05) is 18.2 Å². The molecule has 2 aromatic heterocycles. The van der Waals surface area contributed by atoms with E-state index in [1.54, 1.807) is 12.1 Å². The second kappa shape index (κ2) is 14.6. The molecule has 0 radical (unpaired) electrons. The van der Waals surface area contributed by atoms with Crippen LogP contribution in [0.15, 0.2) is 54.6 Å². The SMILES string of the molecule is COC(=O)/C=C/c1ccc2nc(CN3CCC(Oc4ccc(F)c(OCc5ccc(Cl)cc5F)n4)CC3)n(CC3CCCO3)c2c1. The van der Waals surface area contributed by atoms with Gasteiger partial charge >= 0.3 is 5.97 Å². The highest BCUT2D eigenvalue weighted by Gasteiger charge is 2.25. The zero-order valence-electron chi connectivity index (χ0n) is 25.5. The van der Waals surface area contributed by atoms with Crippen molar-refractivity contribution in [3.8, 4) is 11.8 Å². The maximum Gasteiger partial charge on any atom is 0.330 e. The number of rotatable bonds is 11. The van der Waals surface area contributed by atoms with Crippen molar-refractivity contribution in [2.75, 3.05) is 26.8 Å². The van der Waals surface area contributed by atoms with E-state index in [1.165, 1.54) is 37.5 Å². The van der Waals surface area contributed by atoms with Gasteiger partial charge < -0.3 is 23.5 Å². The maximum absolute atomic E-state index is 14.4.